The molecular weight excluding hydrogens is 346 g/mol. The van der Waals surface area contributed by atoms with Crippen LogP contribution in [-0.2, 0) is 4.79 Å². The predicted molar refractivity (Wildman–Crippen MR) is 104 cm³/mol. The maximum Gasteiger partial charge on any atom is 0.260 e. The number of amides is 2. The van der Waals surface area contributed by atoms with E-state index >= 15 is 0 Å². The molecule has 7 nitrogen and oxygen atoms in total. The summed E-state index contributed by atoms with van der Waals surface area (Å²) >= 11 is 0. The molecule has 1 aliphatic rings. The Labute approximate surface area is 161 Å². The molecule has 27 heavy (non-hydrogen) atoms. The lowest BCUT2D eigenvalue weighted by Crippen LogP contribution is -2.38. The zero-order valence-electron chi connectivity index (χ0n) is 16.4. The first-order valence-electron chi connectivity index (χ1n) is 9.82. The number of piperidine rings is 1. The number of carbonyl (C=O) groups excluding carboxylic acids is 2. The third kappa shape index (κ3) is 6.75. The first-order chi connectivity index (χ1) is 13.2. The smallest absolute Gasteiger partial charge is 0.260 e. The van der Waals surface area contributed by atoms with E-state index in [1.165, 1.54) is 6.42 Å². The molecule has 7 heteroatoms. The summed E-state index contributed by atoms with van der Waals surface area (Å²) in [6, 6.07) is 5.03. The molecule has 2 N–H and O–H groups in total. The van der Waals surface area contributed by atoms with Crippen molar-refractivity contribution in [2.24, 2.45) is 0 Å². The molecule has 2 rings (SSSR count). The van der Waals surface area contributed by atoms with Crippen molar-refractivity contribution in [2.75, 3.05) is 45.9 Å². The van der Waals surface area contributed by atoms with Gasteiger partial charge in [-0.25, -0.2) is 0 Å². The normalized spacial score (nSPS) is 13.9. The summed E-state index contributed by atoms with van der Waals surface area (Å²) in [6.07, 6.45) is 3.28. The van der Waals surface area contributed by atoms with E-state index in [0.717, 1.165) is 39.0 Å². The Morgan fingerprint density at radius 2 is 1.81 bits per heavy atom. The third-order valence-corrected chi connectivity index (χ3v) is 4.40. The van der Waals surface area contributed by atoms with Crippen LogP contribution >= 0.6 is 0 Å². The van der Waals surface area contributed by atoms with Gasteiger partial charge in [-0.2, -0.15) is 0 Å². The summed E-state index contributed by atoms with van der Waals surface area (Å²) < 4.78 is 11.3. The highest BCUT2D eigenvalue weighted by Crippen LogP contribution is 2.28. The number of hydrogen-bond acceptors (Lipinski definition) is 5. The van der Waals surface area contributed by atoms with Gasteiger partial charge in [0, 0.05) is 31.7 Å². The van der Waals surface area contributed by atoms with Crippen molar-refractivity contribution in [1.82, 2.24) is 15.5 Å². The number of carbonyl (C=O) groups is 2. The van der Waals surface area contributed by atoms with Gasteiger partial charge in [0.1, 0.15) is 0 Å². The summed E-state index contributed by atoms with van der Waals surface area (Å²) in [4.78, 5) is 26.4. The maximum atomic E-state index is 12.3. The Hall–Kier alpha value is -2.28. The predicted octanol–water partition coefficient (Wildman–Crippen LogP) is 1.82. The first kappa shape index (κ1) is 21.0. The monoisotopic (exact) mass is 377 g/mol. The van der Waals surface area contributed by atoms with E-state index < -0.39 is 0 Å². The van der Waals surface area contributed by atoms with Gasteiger partial charge in [0.25, 0.3) is 11.8 Å². The van der Waals surface area contributed by atoms with Crippen LogP contribution in [0.25, 0.3) is 0 Å². The van der Waals surface area contributed by atoms with E-state index in [-0.39, 0.29) is 18.4 Å². The van der Waals surface area contributed by atoms with E-state index in [2.05, 4.69) is 10.6 Å². The van der Waals surface area contributed by atoms with Crippen molar-refractivity contribution >= 4 is 11.8 Å². The standard InChI is InChI=1S/C20H31N3O4/c1-3-21-10-11-22-20(25)16-8-9-17(18(14-16)26-4-2)27-15-19(24)23-12-6-5-7-13-23/h8-9,14,21H,3-7,10-13,15H2,1-2H3,(H,22,25). The highest BCUT2D eigenvalue weighted by molar-refractivity contribution is 5.94. The van der Waals surface area contributed by atoms with Gasteiger partial charge in [0.2, 0.25) is 0 Å². The lowest BCUT2D eigenvalue weighted by atomic mass is 10.1. The van der Waals surface area contributed by atoms with Gasteiger partial charge in [0.15, 0.2) is 18.1 Å². The van der Waals surface area contributed by atoms with Gasteiger partial charge >= 0.3 is 0 Å². The molecule has 0 aliphatic carbocycles. The van der Waals surface area contributed by atoms with E-state index in [1.54, 1.807) is 18.2 Å². The molecule has 1 fully saturated rings. The average molecular weight is 377 g/mol. The maximum absolute atomic E-state index is 12.3. The van der Waals surface area contributed by atoms with E-state index in [4.69, 9.17) is 9.47 Å². The van der Waals surface area contributed by atoms with Crippen LogP contribution in [0.3, 0.4) is 0 Å². The largest absolute Gasteiger partial charge is 0.490 e. The molecule has 1 aromatic rings. The van der Waals surface area contributed by atoms with Crippen molar-refractivity contribution in [3.63, 3.8) is 0 Å². The second-order valence-corrected chi connectivity index (χ2v) is 6.43. The van der Waals surface area contributed by atoms with Crippen LogP contribution in [0.5, 0.6) is 11.5 Å². The van der Waals surface area contributed by atoms with Gasteiger partial charge < -0.3 is 25.0 Å². The third-order valence-electron chi connectivity index (χ3n) is 4.40. The van der Waals surface area contributed by atoms with Crippen LogP contribution in [0.1, 0.15) is 43.5 Å². The topological polar surface area (TPSA) is 79.9 Å². The quantitative estimate of drug-likeness (QED) is 0.608. The van der Waals surface area contributed by atoms with Crippen LogP contribution in [0, 0.1) is 0 Å². The molecule has 1 aromatic carbocycles. The Balaban J connectivity index is 1.95. The first-order valence-corrected chi connectivity index (χ1v) is 9.82. The zero-order valence-corrected chi connectivity index (χ0v) is 16.4. The van der Waals surface area contributed by atoms with Crippen molar-refractivity contribution in [2.45, 2.75) is 33.1 Å². The Bertz CT molecular complexity index is 615. The van der Waals surface area contributed by atoms with Crippen LogP contribution in [0.4, 0.5) is 0 Å². The SMILES string of the molecule is CCNCCNC(=O)c1ccc(OCC(=O)N2CCCCC2)c(OCC)c1. The number of rotatable bonds is 10. The fraction of sp³-hybridized carbons (Fsp3) is 0.600. The van der Waals surface area contributed by atoms with E-state index in [0.29, 0.717) is 30.2 Å². The highest BCUT2D eigenvalue weighted by atomic mass is 16.5. The molecule has 0 unspecified atom stereocenters. The summed E-state index contributed by atoms with van der Waals surface area (Å²) in [5, 5.41) is 6.01. The minimum atomic E-state index is -0.162. The molecule has 150 valence electrons. The molecule has 2 amide bonds. The molecule has 1 saturated heterocycles. The average Bonchev–Trinajstić information content (AvgIpc) is 2.70. The second kappa shape index (κ2) is 11.4. The lowest BCUT2D eigenvalue weighted by molar-refractivity contribution is -0.134. The van der Waals surface area contributed by atoms with E-state index in [9.17, 15) is 9.59 Å². The Kier molecular flexibility index (Phi) is 8.91. The zero-order chi connectivity index (χ0) is 19.5. The fourth-order valence-corrected chi connectivity index (χ4v) is 2.95. The molecule has 0 bridgehead atoms. The lowest BCUT2D eigenvalue weighted by Gasteiger charge is -2.26. The molecular formula is C20H31N3O4. The summed E-state index contributed by atoms with van der Waals surface area (Å²) in [7, 11) is 0. The Morgan fingerprint density at radius 3 is 2.52 bits per heavy atom. The number of nitrogens with zero attached hydrogens (tertiary/aromatic N) is 1. The van der Waals surface area contributed by atoms with Crippen molar-refractivity contribution in [3.8, 4) is 11.5 Å². The summed E-state index contributed by atoms with van der Waals surface area (Å²) in [5.41, 5.74) is 0.504. The van der Waals surface area contributed by atoms with Crippen molar-refractivity contribution in [3.05, 3.63) is 23.8 Å². The van der Waals surface area contributed by atoms with Crippen LogP contribution in [0.2, 0.25) is 0 Å². The number of hydrogen-bond donors (Lipinski definition) is 2. The minimum Gasteiger partial charge on any atom is -0.490 e. The van der Waals surface area contributed by atoms with Crippen molar-refractivity contribution in [1.29, 1.82) is 0 Å². The molecule has 0 atom stereocenters. The molecule has 1 aliphatic heterocycles. The highest BCUT2D eigenvalue weighted by Gasteiger charge is 2.18. The van der Waals surface area contributed by atoms with Gasteiger partial charge in [-0.1, -0.05) is 6.92 Å². The van der Waals surface area contributed by atoms with Gasteiger partial charge in [0.05, 0.1) is 6.61 Å². The van der Waals surface area contributed by atoms with Gasteiger partial charge in [-0.15, -0.1) is 0 Å². The molecule has 0 spiro atoms. The van der Waals surface area contributed by atoms with E-state index in [1.807, 2.05) is 18.7 Å². The fourth-order valence-electron chi connectivity index (χ4n) is 2.95. The van der Waals surface area contributed by atoms with Crippen LogP contribution in [-0.4, -0.2) is 62.7 Å². The number of nitrogens with one attached hydrogen (secondary N) is 2. The number of likely N-dealkylation sites (tertiary alicyclic amines) is 1. The molecule has 0 radical (unpaired) electrons. The van der Waals surface area contributed by atoms with Gasteiger partial charge in [-0.3, -0.25) is 9.59 Å². The minimum absolute atomic E-state index is 0.0117. The molecule has 1 heterocycles. The Morgan fingerprint density at radius 1 is 1.04 bits per heavy atom. The number of ether oxygens (including phenoxy) is 2. The summed E-state index contributed by atoms with van der Waals surface area (Å²) in [5.74, 6) is 0.780. The summed E-state index contributed by atoms with van der Waals surface area (Å²) in [6.45, 7) is 8.05. The van der Waals surface area contributed by atoms with Crippen LogP contribution in [0.15, 0.2) is 18.2 Å². The molecule has 0 saturated carbocycles. The van der Waals surface area contributed by atoms with Crippen molar-refractivity contribution < 1.29 is 19.1 Å². The van der Waals surface area contributed by atoms with Gasteiger partial charge in [-0.05, 0) is 50.9 Å². The second-order valence-electron chi connectivity index (χ2n) is 6.43. The number of likely N-dealkylation sites (N-methyl/N-ethyl adjacent to an activating group) is 1. The molecule has 0 aromatic heterocycles. The van der Waals surface area contributed by atoms with Crippen LogP contribution < -0.4 is 20.1 Å². The number of benzene rings is 1.